The summed E-state index contributed by atoms with van der Waals surface area (Å²) in [5, 5.41) is 1.96. The van der Waals surface area contributed by atoms with Gasteiger partial charge >= 0.3 is 0 Å². The average molecular weight is 198 g/mol. The molecule has 0 radical (unpaired) electrons. The van der Waals surface area contributed by atoms with Gasteiger partial charge in [-0.1, -0.05) is 13.8 Å². The Kier molecular flexibility index (Phi) is 3.23. The molecule has 0 N–H and O–H groups in total. The summed E-state index contributed by atoms with van der Waals surface area (Å²) in [7, 11) is 0. The normalized spacial score (nSPS) is 37.4. The van der Waals surface area contributed by atoms with Crippen molar-refractivity contribution in [3.8, 4) is 0 Å². The van der Waals surface area contributed by atoms with Crippen LogP contribution in [0.25, 0.3) is 0 Å². The van der Waals surface area contributed by atoms with Gasteiger partial charge in [-0.15, -0.1) is 0 Å². The highest BCUT2D eigenvalue weighted by atomic mass is 32.2. The second-order valence-electron chi connectivity index (χ2n) is 5.06. The zero-order chi connectivity index (χ0) is 9.26. The fraction of sp³-hybridized carbons (Fsp3) is 1.00. The molecule has 2 rings (SSSR count). The minimum atomic E-state index is 0.957. The molecule has 0 aliphatic heterocycles. The first-order valence-corrected chi connectivity index (χ1v) is 6.85. The van der Waals surface area contributed by atoms with Crippen molar-refractivity contribution in [2.45, 2.75) is 62.9 Å². The zero-order valence-corrected chi connectivity index (χ0v) is 9.78. The van der Waals surface area contributed by atoms with Crippen molar-refractivity contribution in [2.75, 3.05) is 0 Å². The minimum absolute atomic E-state index is 0.957. The largest absolute Gasteiger partial charge is 0.155 e. The lowest BCUT2D eigenvalue weighted by atomic mass is 9.91. The van der Waals surface area contributed by atoms with Gasteiger partial charge in [0.25, 0.3) is 0 Å². The maximum absolute atomic E-state index is 2.44. The SMILES string of the molecule is CC1CCC(SC(C)C2CC2)CC1. The Morgan fingerprint density at radius 1 is 1.00 bits per heavy atom. The van der Waals surface area contributed by atoms with Gasteiger partial charge in [0, 0.05) is 10.5 Å². The first kappa shape index (κ1) is 9.89. The van der Waals surface area contributed by atoms with Gasteiger partial charge in [-0.05, 0) is 50.4 Å². The predicted molar refractivity (Wildman–Crippen MR) is 61.2 cm³/mol. The van der Waals surface area contributed by atoms with E-state index < -0.39 is 0 Å². The molecule has 0 aromatic rings. The van der Waals surface area contributed by atoms with Gasteiger partial charge in [0.15, 0.2) is 0 Å². The van der Waals surface area contributed by atoms with Crippen LogP contribution in [-0.2, 0) is 0 Å². The first-order valence-electron chi connectivity index (χ1n) is 5.91. The second-order valence-corrected chi connectivity index (χ2v) is 6.74. The molecule has 2 aliphatic rings. The molecule has 0 nitrogen and oxygen atoms in total. The van der Waals surface area contributed by atoms with Crippen LogP contribution < -0.4 is 0 Å². The predicted octanol–water partition coefficient (Wildman–Crippen LogP) is 4.10. The van der Waals surface area contributed by atoms with Gasteiger partial charge in [0.1, 0.15) is 0 Å². The van der Waals surface area contributed by atoms with Gasteiger partial charge in [0.05, 0.1) is 0 Å². The van der Waals surface area contributed by atoms with Crippen LogP contribution in [0.1, 0.15) is 52.4 Å². The number of thioether (sulfide) groups is 1. The summed E-state index contributed by atoms with van der Waals surface area (Å²) in [5.74, 6) is 2.09. The molecule has 0 aromatic heterocycles. The number of rotatable bonds is 3. The molecule has 13 heavy (non-hydrogen) atoms. The van der Waals surface area contributed by atoms with Crippen LogP contribution in [0.5, 0.6) is 0 Å². The van der Waals surface area contributed by atoms with Crippen LogP contribution in [0, 0.1) is 11.8 Å². The molecule has 1 heteroatoms. The third kappa shape index (κ3) is 2.90. The fourth-order valence-electron chi connectivity index (χ4n) is 2.35. The Morgan fingerprint density at radius 3 is 2.15 bits per heavy atom. The van der Waals surface area contributed by atoms with Gasteiger partial charge < -0.3 is 0 Å². The smallest absolute Gasteiger partial charge is 0.00500 e. The van der Waals surface area contributed by atoms with Crippen molar-refractivity contribution in [2.24, 2.45) is 11.8 Å². The van der Waals surface area contributed by atoms with E-state index in [2.05, 4.69) is 25.6 Å². The van der Waals surface area contributed by atoms with Gasteiger partial charge in [-0.3, -0.25) is 0 Å². The quantitative estimate of drug-likeness (QED) is 0.658. The number of hydrogen-bond donors (Lipinski definition) is 0. The maximum Gasteiger partial charge on any atom is 0.00500 e. The van der Waals surface area contributed by atoms with Crippen LogP contribution in [0.3, 0.4) is 0 Å². The van der Waals surface area contributed by atoms with E-state index in [-0.39, 0.29) is 0 Å². The van der Waals surface area contributed by atoms with Crippen LogP contribution in [-0.4, -0.2) is 10.5 Å². The molecule has 2 saturated carbocycles. The highest BCUT2D eigenvalue weighted by Gasteiger charge is 2.30. The summed E-state index contributed by atoms with van der Waals surface area (Å²) in [6.45, 7) is 4.85. The third-order valence-electron chi connectivity index (χ3n) is 3.66. The summed E-state index contributed by atoms with van der Waals surface area (Å²) in [6.07, 6.45) is 8.96. The summed E-state index contributed by atoms with van der Waals surface area (Å²) in [5.41, 5.74) is 0. The number of hydrogen-bond acceptors (Lipinski definition) is 1. The third-order valence-corrected chi connectivity index (χ3v) is 5.33. The molecule has 1 unspecified atom stereocenters. The molecule has 1 atom stereocenters. The lowest BCUT2D eigenvalue weighted by Gasteiger charge is -2.27. The van der Waals surface area contributed by atoms with Gasteiger partial charge in [-0.2, -0.15) is 11.8 Å². The molecule has 0 bridgehead atoms. The van der Waals surface area contributed by atoms with E-state index in [1.807, 2.05) is 0 Å². The topological polar surface area (TPSA) is 0 Å². The average Bonchev–Trinajstić information content (AvgIpc) is 2.91. The molecule has 2 aliphatic carbocycles. The Balaban J connectivity index is 1.69. The molecular formula is C12H22S. The van der Waals surface area contributed by atoms with E-state index in [0.29, 0.717) is 0 Å². The zero-order valence-electron chi connectivity index (χ0n) is 8.96. The van der Waals surface area contributed by atoms with E-state index in [9.17, 15) is 0 Å². The summed E-state index contributed by atoms with van der Waals surface area (Å²) >= 11 is 2.29. The van der Waals surface area contributed by atoms with E-state index in [0.717, 1.165) is 22.3 Å². The highest BCUT2D eigenvalue weighted by Crippen LogP contribution is 2.43. The van der Waals surface area contributed by atoms with Crippen molar-refractivity contribution in [3.05, 3.63) is 0 Å². The lowest BCUT2D eigenvalue weighted by Crippen LogP contribution is -2.17. The second kappa shape index (κ2) is 4.25. The van der Waals surface area contributed by atoms with E-state index in [4.69, 9.17) is 0 Å². The molecule has 0 amide bonds. The Morgan fingerprint density at radius 2 is 1.62 bits per heavy atom. The Labute approximate surface area is 86.9 Å². The van der Waals surface area contributed by atoms with Crippen molar-refractivity contribution < 1.29 is 0 Å². The van der Waals surface area contributed by atoms with Gasteiger partial charge in [0.2, 0.25) is 0 Å². The minimum Gasteiger partial charge on any atom is -0.155 e. The van der Waals surface area contributed by atoms with Gasteiger partial charge in [-0.25, -0.2) is 0 Å². The summed E-state index contributed by atoms with van der Waals surface area (Å²) in [4.78, 5) is 0. The fourth-order valence-corrected chi connectivity index (χ4v) is 3.99. The van der Waals surface area contributed by atoms with Crippen LogP contribution in [0.15, 0.2) is 0 Å². The van der Waals surface area contributed by atoms with Crippen molar-refractivity contribution in [3.63, 3.8) is 0 Å². The highest BCUT2D eigenvalue weighted by molar-refractivity contribution is 8.00. The van der Waals surface area contributed by atoms with E-state index in [1.165, 1.54) is 38.5 Å². The maximum atomic E-state index is 2.44. The molecule has 0 saturated heterocycles. The van der Waals surface area contributed by atoms with Crippen LogP contribution in [0.4, 0.5) is 0 Å². The van der Waals surface area contributed by atoms with E-state index >= 15 is 0 Å². The lowest BCUT2D eigenvalue weighted by molar-refractivity contribution is 0.392. The Bertz CT molecular complexity index is 155. The van der Waals surface area contributed by atoms with Crippen molar-refractivity contribution in [1.82, 2.24) is 0 Å². The molecular weight excluding hydrogens is 176 g/mol. The monoisotopic (exact) mass is 198 g/mol. The molecule has 0 aromatic carbocycles. The van der Waals surface area contributed by atoms with Crippen LogP contribution >= 0.6 is 11.8 Å². The summed E-state index contributed by atoms with van der Waals surface area (Å²) < 4.78 is 0. The van der Waals surface area contributed by atoms with Crippen molar-refractivity contribution in [1.29, 1.82) is 0 Å². The molecule has 0 spiro atoms. The molecule has 0 heterocycles. The van der Waals surface area contributed by atoms with Crippen molar-refractivity contribution >= 4 is 11.8 Å². The molecule has 2 fully saturated rings. The Hall–Kier alpha value is 0.350. The first-order chi connectivity index (χ1) is 6.25. The standard InChI is InChI=1S/C12H22S/c1-9-3-7-12(8-4-9)13-10(2)11-5-6-11/h9-12H,3-8H2,1-2H3. The van der Waals surface area contributed by atoms with E-state index in [1.54, 1.807) is 0 Å². The van der Waals surface area contributed by atoms with Crippen LogP contribution in [0.2, 0.25) is 0 Å². The molecule has 76 valence electrons. The summed E-state index contributed by atoms with van der Waals surface area (Å²) in [6, 6.07) is 0.